The lowest BCUT2D eigenvalue weighted by atomic mass is 9.75. The van der Waals surface area contributed by atoms with Gasteiger partial charge in [0.25, 0.3) is 0 Å². The fourth-order valence-electron chi connectivity index (χ4n) is 3.99. The van der Waals surface area contributed by atoms with Crippen LogP contribution in [0.4, 0.5) is 5.69 Å². The number of benzene rings is 1. The zero-order chi connectivity index (χ0) is 24.1. The average molecular weight is 457 g/mol. The number of nitrogens with zero attached hydrogens (tertiary/aromatic N) is 1. The van der Waals surface area contributed by atoms with Gasteiger partial charge < -0.3 is 25.1 Å². The largest absolute Gasteiger partial charge is 0.496 e. The molecule has 3 rings (SSSR count). The molecule has 1 saturated carbocycles. The molecule has 1 aliphatic carbocycles. The van der Waals surface area contributed by atoms with Gasteiger partial charge in [0.1, 0.15) is 5.75 Å². The standard InChI is InChI=1S/C24H32N4O5/c1-23(2,14-26-22(31)24(3)10-6-5-7-11-24)28-21(30)20(29)27-16-8-9-17(18(12-16)32-4)19-13-25-15-33-19/h8-9,12-13,15H,5-7,10-11,14H2,1-4H3,(H,26,31)(H,27,29)(H,28,30). The molecule has 9 heteroatoms. The van der Waals surface area contributed by atoms with Crippen molar-refractivity contribution in [2.75, 3.05) is 19.0 Å². The summed E-state index contributed by atoms with van der Waals surface area (Å²) in [6.45, 7) is 5.73. The molecule has 3 amide bonds. The van der Waals surface area contributed by atoms with Crippen LogP contribution in [0.2, 0.25) is 0 Å². The zero-order valence-corrected chi connectivity index (χ0v) is 19.6. The monoisotopic (exact) mass is 456 g/mol. The Bertz CT molecular complexity index is 994. The van der Waals surface area contributed by atoms with Crippen molar-refractivity contribution in [3.8, 4) is 17.1 Å². The topological polar surface area (TPSA) is 123 Å². The van der Waals surface area contributed by atoms with E-state index in [1.807, 2.05) is 6.92 Å². The minimum absolute atomic E-state index is 0.00656. The van der Waals surface area contributed by atoms with Crippen LogP contribution >= 0.6 is 0 Å². The van der Waals surface area contributed by atoms with Crippen LogP contribution in [0.5, 0.6) is 5.75 Å². The molecule has 1 aromatic heterocycles. The molecular weight excluding hydrogens is 424 g/mol. The van der Waals surface area contributed by atoms with Crippen molar-refractivity contribution in [1.29, 1.82) is 0 Å². The minimum Gasteiger partial charge on any atom is -0.496 e. The number of oxazole rings is 1. The van der Waals surface area contributed by atoms with Gasteiger partial charge in [-0.1, -0.05) is 26.2 Å². The van der Waals surface area contributed by atoms with Crippen LogP contribution in [-0.2, 0) is 14.4 Å². The molecule has 3 N–H and O–H groups in total. The summed E-state index contributed by atoms with van der Waals surface area (Å²) in [6, 6.07) is 4.94. The van der Waals surface area contributed by atoms with Gasteiger partial charge in [-0.3, -0.25) is 14.4 Å². The van der Waals surface area contributed by atoms with Crippen LogP contribution < -0.4 is 20.7 Å². The summed E-state index contributed by atoms with van der Waals surface area (Å²) in [4.78, 5) is 41.5. The fourth-order valence-corrected chi connectivity index (χ4v) is 3.99. The van der Waals surface area contributed by atoms with Crippen LogP contribution in [0, 0.1) is 5.41 Å². The first-order valence-electron chi connectivity index (χ1n) is 11.1. The number of aromatic nitrogens is 1. The van der Waals surface area contributed by atoms with E-state index in [-0.39, 0.29) is 17.9 Å². The molecule has 0 unspecified atom stereocenters. The molecule has 0 atom stereocenters. The van der Waals surface area contributed by atoms with Gasteiger partial charge in [0.05, 0.1) is 24.4 Å². The smallest absolute Gasteiger partial charge is 0.313 e. The third-order valence-corrected chi connectivity index (χ3v) is 6.01. The van der Waals surface area contributed by atoms with Crippen LogP contribution in [0.15, 0.2) is 35.2 Å². The Morgan fingerprint density at radius 3 is 2.52 bits per heavy atom. The van der Waals surface area contributed by atoms with Crippen molar-refractivity contribution in [3.63, 3.8) is 0 Å². The van der Waals surface area contributed by atoms with Gasteiger partial charge in [-0.05, 0) is 38.8 Å². The summed E-state index contributed by atoms with van der Waals surface area (Å²) in [5.41, 5.74) is -0.108. The molecule has 1 aromatic carbocycles. The van der Waals surface area contributed by atoms with E-state index in [1.165, 1.54) is 13.5 Å². The quantitative estimate of drug-likeness (QED) is 0.550. The maximum atomic E-state index is 12.7. The number of rotatable bonds is 7. The molecule has 0 bridgehead atoms. The normalized spacial score (nSPS) is 15.4. The second-order valence-electron chi connectivity index (χ2n) is 9.38. The summed E-state index contributed by atoms with van der Waals surface area (Å²) in [5, 5.41) is 8.20. The summed E-state index contributed by atoms with van der Waals surface area (Å²) in [5.74, 6) is -0.634. The van der Waals surface area contributed by atoms with E-state index in [4.69, 9.17) is 9.15 Å². The highest BCUT2D eigenvalue weighted by molar-refractivity contribution is 6.39. The minimum atomic E-state index is -0.817. The Morgan fingerprint density at radius 1 is 1.15 bits per heavy atom. The number of nitrogens with one attached hydrogen (secondary N) is 3. The van der Waals surface area contributed by atoms with Crippen molar-refractivity contribution in [2.45, 2.75) is 58.4 Å². The Kier molecular flexibility index (Phi) is 7.40. The summed E-state index contributed by atoms with van der Waals surface area (Å²) in [6.07, 6.45) is 7.86. The number of hydrogen-bond donors (Lipinski definition) is 3. The second-order valence-corrected chi connectivity index (χ2v) is 9.38. The lowest BCUT2D eigenvalue weighted by molar-refractivity contribution is -0.137. The molecule has 2 aromatic rings. The number of ether oxygens (including phenoxy) is 1. The van der Waals surface area contributed by atoms with Gasteiger partial charge >= 0.3 is 11.8 Å². The first-order valence-corrected chi connectivity index (χ1v) is 11.1. The molecule has 178 valence electrons. The maximum Gasteiger partial charge on any atom is 0.313 e. The van der Waals surface area contributed by atoms with Crippen molar-refractivity contribution in [1.82, 2.24) is 15.6 Å². The van der Waals surface area contributed by atoms with E-state index < -0.39 is 17.4 Å². The van der Waals surface area contributed by atoms with E-state index >= 15 is 0 Å². The third kappa shape index (κ3) is 6.12. The van der Waals surface area contributed by atoms with E-state index in [0.29, 0.717) is 22.8 Å². The number of methoxy groups -OCH3 is 1. The SMILES string of the molecule is COc1cc(NC(=O)C(=O)NC(C)(C)CNC(=O)C2(C)CCCCC2)ccc1-c1cnco1. The van der Waals surface area contributed by atoms with Gasteiger partial charge in [0.2, 0.25) is 5.91 Å². The molecule has 0 saturated heterocycles. The zero-order valence-electron chi connectivity index (χ0n) is 19.6. The summed E-state index contributed by atoms with van der Waals surface area (Å²) >= 11 is 0. The predicted octanol–water partition coefficient (Wildman–Crippen LogP) is 3.27. The third-order valence-electron chi connectivity index (χ3n) is 6.01. The Hall–Kier alpha value is -3.36. The summed E-state index contributed by atoms with van der Waals surface area (Å²) < 4.78 is 10.7. The van der Waals surface area contributed by atoms with Crippen molar-refractivity contribution in [2.24, 2.45) is 5.41 Å². The first kappa shape index (κ1) is 24.3. The van der Waals surface area contributed by atoms with E-state index in [1.54, 1.807) is 38.2 Å². The highest BCUT2D eigenvalue weighted by Crippen LogP contribution is 2.36. The average Bonchev–Trinajstić information content (AvgIpc) is 3.32. The molecule has 0 spiro atoms. The summed E-state index contributed by atoms with van der Waals surface area (Å²) in [7, 11) is 1.50. The highest BCUT2D eigenvalue weighted by Gasteiger charge is 2.35. The Labute approximate surface area is 193 Å². The number of hydrogen-bond acceptors (Lipinski definition) is 6. The number of amides is 3. The van der Waals surface area contributed by atoms with E-state index in [0.717, 1.165) is 32.1 Å². The van der Waals surface area contributed by atoms with Crippen LogP contribution in [0.3, 0.4) is 0 Å². The van der Waals surface area contributed by atoms with Gasteiger partial charge in [0, 0.05) is 23.7 Å². The van der Waals surface area contributed by atoms with Gasteiger partial charge in [-0.15, -0.1) is 0 Å². The number of carbonyl (C=O) groups is 3. The number of carbonyl (C=O) groups excluding carboxylic acids is 3. The molecule has 33 heavy (non-hydrogen) atoms. The van der Waals surface area contributed by atoms with Crippen molar-refractivity contribution < 1.29 is 23.5 Å². The molecule has 9 nitrogen and oxygen atoms in total. The molecular formula is C24H32N4O5. The van der Waals surface area contributed by atoms with E-state index in [9.17, 15) is 14.4 Å². The van der Waals surface area contributed by atoms with Gasteiger partial charge in [-0.25, -0.2) is 4.98 Å². The van der Waals surface area contributed by atoms with Gasteiger partial charge in [-0.2, -0.15) is 0 Å². The predicted molar refractivity (Wildman–Crippen MR) is 124 cm³/mol. The van der Waals surface area contributed by atoms with Crippen LogP contribution in [0.1, 0.15) is 52.9 Å². The van der Waals surface area contributed by atoms with Crippen molar-refractivity contribution in [3.05, 3.63) is 30.8 Å². The van der Waals surface area contributed by atoms with Crippen LogP contribution in [-0.4, -0.2) is 41.9 Å². The molecule has 1 fully saturated rings. The molecule has 1 heterocycles. The Morgan fingerprint density at radius 2 is 1.88 bits per heavy atom. The molecule has 0 aliphatic heterocycles. The lowest BCUT2D eigenvalue weighted by Crippen LogP contribution is -2.55. The van der Waals surface area contributed by atoms with E-state index in [2.05, 4.69) is 20.9 Å². The lowest BCUT2D eigenvalue weighted by Gasteiger charge is -2.34. The maximum absolute atomic E-state index is 12.7. The van der Waals surface area contributed by atoms with Gasteiger partial charge in [0.15, 0.2) is 12.2 Å². The molecule has 1 aliphatic rings. The number of anilines is 1. The van der Waals surface area contributed by atoms with Crippen LogP contribution in [0.25, 0.3) is 11.3 Å². The first-order chi connectivity index (χ1) is 15.6. The fraction of sp³-hybridized carbons (Fsp3) is 0.500. The Balaban J connectivity index is 1.56. The van der Waals surface area contributed by atoms with Crippen molar-refractivity contribution >= 4 is 23.4 Å². The highest BCUT2D eigenvalue weighted by atomic mass is 16.5. The molecule has 0 radical (unpaired) electrons. The second kappa shape index (κ2) is 10.1.